The van der Waals surface area contributed by atoms with Gasteiger partial charge in [-0.25, -0.2) is 0 Å². The minimum Gasteiger partial charge on any atom is -0.497 e. The first-order valence-electron chi connectivity index (χ1n) is 9.75. The van der Waals surface area contributed by atoms with Crippen molar-refractivity contribution < 1.29 is 19.4 Å². The lowest BCUT2D eigenvalue weighted by atomic mass is 9.87. The zero-order valence-corrected chi connectivity index (χ0v) is 17.0. The number of hydrogen-bond donors (Lipinski definition) is 2. The zero-order chi connectivity index (χ0) is 20.2. The van der Waals surface area contributed by atoms with Crippen LogP contribution < -0.4 is 10.1 Å². The second kappa shape index (κ2) is 8.74. The van der Waals surface area contributed by atoms with Gasteiger partial charge in [0.2, 0.25) is 5.91 Å². The van der Waals surface area contributed by atoms with Crippen LogP contribution >= 0.6 is 0 Å². The lowest BCUT2D eigenvalue weighted by Crippen LogP contribution is -2.48. The summed E-state index contributed by atoms with van der Waals surface area (Å²) in [5.41, 5.74) is -0.111. The van der Waals surface area contributed by atoms with Crippen LogP contribution in [-0.4, -0.2) is 47.6 Å². The van der Waals surface area contributed by atoms with Crippen LogP contribution in [0.1, 0.15) is 58.1 Å². The zero-order valence-electron chi connectivity index (χ0n) is 17.0. The van der Waals surface area contributed by atoms with E-state index in [0.29, 0.717) is 12.8 Å². The molecule has 1 fully saturated rings. The van der Waals surface area contributed by atoms with Crippen molar-refractivity contribution in [2.75, 3.05) is 14.2 Å². The Labute approximate surface area is 161 Å². The van der Waals surface area contributed by atoms with Gasteiger partial charge in [-0.05, 0) is 50.4 Å². The fourth-order valence-electron chi connectivity index (χ4n) is 4.23. The molecule has 1 saturated heterocycles. The van der Waals surface area contributed by atoms with Crippen molar-refractivity contribution in [3.05, 3.63) is 29.8 Å². The molecule has 0 saturated carbocycles. The Hall–Kier alpha value is -2.08. The molecule has 1 aromatic carbocycles. The monoisotopic (exact) mass is 376 g/mol. The summed E-state index contributed by atoms with van der Waals surface area (Å²) in [4.78, 5) is 27.1. The molecule has 0 radical (unpaired) electrons. The van der Waals surface area contributed by atoms with E-state index in [1.54, 1.807) is 7.11 Å². The summed E-state index contributed by atoms with van der Waals surface area (Å²) in [6.45, 7) is 5.96. The van der Waals surface area contributed by atoms with Gasteiger partial charge in [0.05, 0.1) is 13.0 Å². The summed E-state index contributed by atoms with van der Waals surface area (Å²) in [6.07, 6.45) is 2.46. The number of nitrogens with one attached hydrogen (secondary N) is 1. The number of rotatable bonds is 8. The first-order chi connectivity index (χ1) is 12.8. The molecule has 1 aromatic rings. The largest absolute Gasteiger partial charge is 0.497 e. The van der Waals surface area contributed by atoms with Crippen molar-refractivity contribution in [1.82, 2.24) is 10.2 Å². The predicted molar refractivity (Wildman–Crippen MR) is 105 cm³/mol. The standard InChI is InChI=1S/C21H32N2O4/c1-6-15(7-2)22-19(24)17-13-21(8-3,20(25)26)23(4)18(17)14-9-11-16(27-5)12-10-14/h9-12,15,17-18H,6-8,13H2,1-5H3,(H,22,24)(H,25,26)/t17-,18-,21-/m0/s1. The third-order valence-electron chi connectivity index (χ3n) is 6.14. The molecule has 3 atom stereocenters. The smallest absolute Gasteiger partial charge is 0.324 e. The van der Waals surface area contributed by atoms with Gasteiger partial charge < -0.3 is 15.2 Å². The average molecular weight is 376 g/mol. The first-order valence-corrected chi connectivity index (χ1v) is 9.75. The number of methoxy groups -OCH3 is 1. The molecule has 1 heterocycles. The summed E-state index contributed by atoms with van der Waals surface area (Å²) >= 11 is 0. The van der Waals surface area contributed by atoms with E-state index in [2.05, 4.69) is 5.32 Å². The Bertz CT molecular complexity index is 657. The number of carbonyl (C=O) groups excluding carboxylic acids is 1. The summed E-state index contributed by atoms with van der Waals surface area (Å²) in [7, 11) is 3.42. The Kier molecular flexibility index (Phi) is 6.87. The molecule has 0 aromatic heterocycles. The fraction of sp³-hybridized carbons (Fsp3) is 0.619. The molecule has 0 unspecified atom stereocenters. The van der Waals surface area contributed by atoms with Crippen molar-refractivity contribution in [3.8, 4) is 5.75 Å². The number of nitrogens with zero attached hydrogens (tertiary/aromatic N) is 1. The molecule has 1 aliphatic rings. The van der Waals surface area contributed by atoms with Gasteiger partial charge in [-0.1, -0.05) is 32.9 Å². The molecule has 2 rings (SSSR count). The minimum atomic E-state index is -1.04. The molecule has 1 amide bonds. The van der Waals surface area contributed by atoms with Gasteiger partial charge in [0, 0.05) is 12.1 Å². The summed E-state index contributed by atoms with van der Waals surface area (Å²) < 4.78 is 5.23. The van der Waals surface area contributed by atoms with Crippen LogP contribution in [0, 0.1) is 5.92 Å². The van der Waals surface area contributed by atoms with Crippen LogP contribution in [0.25, 0.3) is 0 Å². The molecule has 2 N–H and O–H groups in total. The van der Waals surface area contributed by atoms with Crippen LogP contribution in [0.3, 0.4) is 0 Å². The summed E-state index contributed by atoms with van der Waals surface area (Å²) in [6, 6.07) is 7.37. The molecular formula is C21H32N2O4. The highest BCUT2D eigenvalue weighted by molar-refractivity contribution is 5.85. The lowest BCUT2D eigenvalue weighted by molar-refractivity contribution is -0.150. The number of carboxylic acid groups (broad SMARTS) is 1. The van der Waals surface area contributed by atoms with Gasteiger partial charge in [0.1, 0.15) is 11.3 Å². The Balaban J connectivity index is 2.42. The second-order valence-electron chi connectivity index (χ2n) is 7.35. The fourth-order valence-corrected chi connectivity index (χ4v) is 4.23. The van der Waals surface area contributed by atoms with E-state index in [9.17, 15) is 14.7 Å². The topological polar surface area (TPSA) is 78.9 Å². The van der Waals surface area contributed by atoms with Gasteiger partial charge in [-0.3, -0.25) is 14.5 Å². The first kappa shape index (κ1) is 21.2. The van der Waals surface area contributed by atoms with E-state index >= 15 is 0 Å². The maximum Gasteiger partial charge on any atom is 0.324 e. The number of benzene rings is 1. The van der Waals surface area contributed by atoms with E-state index in [-0.39, 0.29) is 18.0 Å². The molecule has 0 spiro atoms. The number of aliphatic carboxylic acids is 1. The van der Waals surface area contributed by atoms with E-state index in [1.165, 1.54) is 0 Å². The van der Waals surface area contributed by atoms with E-state index in [4.69, 9.17) is 4.74 Å². The van der Waals surface area contributed by atoms with Gasteiger partial charge in [-0.15, -0.1) is 0 Å². The lowest BCUT2D eigenvalue weighted by Gasteiger charge is -2.34. The predicted octanol–water partition coefficient (Wildman–Crippen LogP) is 3.23. The normalized spacial score (nSPS) is 25.6. The molecule has 0 bridgehead atoms. The number of likely N-dealkylation sites (N-methyl/N-ethyl adjacent to an activating group) is 1. The van der Waals surface area contributed by atoms with Crippen molar-refractivity contribution in [2.45, 2.75) is 64.1 Å². The van der Waals surface area contributed by atoms with Crippen molar-refractivity contribution in [2.24, 2.45) is 5.92 Å². The number of carbonyl (C=O) groups is 2. The molecule has 27 heavy (non-hydrogen) atoms. The van der Waals surface area contributed by atoms with E-state index in [0.717, 1.165) is 24.2 Å². The average Bonchev–Trinajstić information content (AvgIpc) is 2.99. The van der Waals surface area contributed by atoms with Crippen molar-refractivity contribution >= 4 is 11.9 Å². The van der Waals surface area contributed by atoms with Crippen molar-refractivity contribution in [1.29, 1.82) is 0 Å². The third-order valence-corrected chi connectivity index (χ3v) is 6.14. The number of carboxylic acids is 1. The van der Waals surface area contributed by atoms with Crippen LogP contribution in [-0.2, 0) is 9.59 Å². The Morgan fingerprint density at radius 1 is 1.26 bits per heavy atom. The molecular weight excluding hydrogens is 344 g/mol. The van der Waals surface area contributed by atoms with Crippen molar-refractivity contribution in [3.63, 3.8) is 0 Å². The highest BCUT2D eigenvalue weighted by Crippen LogP contribution is 2.47. The van der Waals surface area contributed by atoms with Gasteiger partial charge in [0.15, 0.2) is 0 Å². The number of ether oxygens (including phenoxy) is 1. The highest BCUT2D eigenvalue weighted by atomic mass is 16.5. The second-order valence-corrected chi connectivity index (χ2v) is 7.35. The van der Waals surface area contributed by atoms with Gasteiger partial charge in [0.25, 0.3) is 0 Å². The van der Waals surface area contributed by atoms with Crippen LogP contribution in [0.15, 0.2) is 24.3 Å². The summed E-state index contributed by atoms with van der Waals surface area (Å²) in [5, 5.41) is 13.1. The highest BCUT2D eigenvalue weighted by Gasteiger charge is 2.56. The van der Waals surface area contributed by atoms with Crippen LogP contribution in [0.2, 0.25) is 0 Å². The summed E-state index contributed by atoms with van der Waals surface area (Å²) in [5.74, 6) is -0.616. The van der Waals surface area contributed by atoms with Crippen LogP contribution in [0.4, 0.5) is 0 Å². The number of hydrogen-bond acceptors (Lipinski definition) is 4. The minimum absolute atomic E-state index is 0.0621. The van der Waals surface area contributed by atoms with Crippen LogP contribution in [0.5, 0.6) is 5.75 Å². The third kappa shape index (κ3) is 3.95. The molecule has 6 nitrogen and oxygen atoms in total. The molecule has 150 valence electrons. The Morgan fingerprint density at radius 2 is 1.85 bits per heavy atom. The molecule has 0 aliphatic carbocycles. The quantitative estimate of drug-likeness (QED) is 0.728. The van der Waals surface area contributed by atoms with E-state index < -0.39 is 17.4 Å². The van der Waals surface area contributed by atoms with Gasteiger partial charge in [-0.2, -0.15) is 0 Å². The van der Waals surface area contributed by atoms with Gasteiger partial charge >= 0.3 is 5.97 Å². The number of likely N-dealkylation sites (tertiary alicyclic amines) is 1. The maximum absolute atomic E-state index is 13.1. The molecule has 6 heteroatoms. The number of amides is 1. The SMILES string of the molecule is CCC(CC)NC(=O)[C@H]1C[C@@](CC)(C(=O)O)N(C)[C@H]1c1ccc(OC)cc1. The molecule has 1 aliphatic heterocycles. The Morgan fingerprint density at radius 3 is 2.30 bits per heavy atom. The maximum atomic E-state index is 13.1. The van der Waals surface area contributed by atoms with E-state index in [1.807, 2.05) is 57.0 Å².